The Kier molecular flexibility index (Phi) is 16.4. The number of hydrogen-bond acceptors (Lipinski definition) is 0. The predicted molar refractivity (Wildman–Crippen MR) is 147 cm³/mol. The van der Waals surface area contributed by atoms with Crippen LogP contribution in [0.1, 0.15) is 129 Å². The Morgan fingerprint density at radius 2 is 0.676 bits per heavy atom. The van der Waals surface area contributed by atoms with E-state index in [1.54, 1.807) is 0 Å². The Morgan fingerprint density at radius 3 is 1.03 bits per heavy atom. The molecule has 2 aromatic rings. The van der Waals surface area contributed by atoms with Crippen LogP contribution in [0.3, 0.4) is 0 Å². The molecule has 0 bridgehead atoms. The van der Waals surface area contributed by atoms with Gasteiger partial charge in [0, 0.05) is 37.1 Å². The lowest BCUT2D eigenvalue weighted by atomic mass is 10.0. The predicted octanol–water partition coefficient (Wildman–Crippen LogP) is 8.99. The average molecular weight is 467 g/mol. The van der Waals surface area contributed by atoms with Crippen molar-refractivity contribution in [3.8, 4) is 11.1 Å². The van der Waals surface area contributed by atoms with Crippen LogP contribution in [0.2, 0.25) is 0 Å². The third-order valence-corrected chi connectivity index (χ3v) is 7.16. The monoisotopic (exact) mass is 466 g/mol. The molecule has 0 radical (unpaired) electrons. The Labute approximate surface area is 211 Å². The van der Waals surface area contributed by atoms with Gasteiger partial charge in [-0.1, -0.05) is 110 Å². The number of unbranched alkanes of at least 4 members (excludes halogenated alkanes) is 16. The van der Waals surface area contributed by atoms with Gasteiger partial charge in [0.15, 0.2) is 24.8 Å². The van der Waals surface area contributed by atoms with E-state index in [0.29, 0.717) is 0 Å². The van der Waals surface area contributed by atoms with Crippen molar-refractivity contribution >= 4 is 0 Å². The van der Waals surface area contributed by atoms with Gasteiger partial charge >= 0.3 is 0 Å². The van der Waals surface area contributed by atoms with Crippen LogP contribution in [0.15, 0.2) is 49.1 Å². The standard InChI is InChI=1S/C32H54N2/c1-3-5-7-8-9-10-11-12-13-14-15-16-17-18-19-20-26-34-29-23-32(24-30-34)31-21-27-33(28-22-31)25-6-4-2/h21-24,27-30H,3-20,25-26H2,1-2H3/q+2. The van der Waals surface area contributed by atoms with Crippen molar-refractivity contribution in [3.05, 3.63) is 49.1 Å². The van der Waals surface area contributed by atoms with Gasteiger partial charge in [-0.25, -0.2) is 9.13 Å². The van der Waals surface area contributed by atoms with E-state index in [2.05, 4.69) is 72.0 Å². The smallest absolute Gasteiger partial charge is 0.169 e. The first-order valence-corrected chi connectivity index (χ1v) is 14.8. The lowest BCUT2D eigenvalue weighted by Gasteiger charge is -2.03. The fourth-order valence-electron chi connectivity index (χ4n) is 4.78. The normalized spacial score (nSPS) is 11.2. The zero-order valence-electron chi connectivity index (χ0n) is 22.7. The van der Waals surface area contributed by atoms with Gasteiger partial charge in [0.1, 0.15) is 13.1 Å². The van der Waals surface area contributed by atoms with Crippen LogP contribution in [-0.2, 0) is 13.1 Å². The summed E-state index contributed by atoms with van der Waals surface area (Å²) in [5.74, 6) is 0. The molecule has 0 spiro atoms. The van der Waals surface area contributed by atoms with Crippen LogP contribution in [0.5, 0.6) is 0 Å². The topological polar surface area (TPSA) is 7.76 Å². The van der Waals surface area contributed by atoms with Crippen LogP contribution in [0.4, 0.5) is 0 Å². The highest BCUT2D eigenvalue weighted by molar-refractivity contribution is 5.60. The minimum Gasteiger partial charge on any atom is -0.205 e. The first kappa shape index (κ1) is 28.5. The second-order valence-electron chi connectivity index (χ2n) is 10.3. The third kappa shape index (κ3) is 13.3. The number of hydrogen-bond donors (Lipinski definition) is 0. The number of nitrogens with zero attached hydrogens (tertiary/aromatic N) is 2. The van der Waals surface area contributed by atoms with Crippen LogP contribution in [-0.4, -0.2) is 0 Å². The molecule has 2 heterocycles. The molecule has 0 aliphatic rings. The highest BCUT2D eigenvalue weighted by Gasteiger charge is 2.06. The van der Waals surface area contributed by atoms with Gasteiger partial charge in [-0.3, -0.25) is 0 Å². The molecular formula is C32H54N2+2. The van der Waals surface area contributed by atoms with Crippen molar-refractivity contribution in [2.45, 2.75) is 143 Å². The maximum Gasteiger partial charge on any atom is 0.169 e. The molecule has 0 fully saturated rings. The summed E-state index contributed by atoms with van der Waals surface area (Å²) in [6.45, 7) is 6.80. The molecule has 2 heteroatoms. The van der Waals surface area contributed by atoms with Crippen LogP contribution >= 0.6 is 0 Å². The summed E-state index contributed by atoms with van der Waals surface area (Å²) in [5.41, 5.74) is 2.62. The Hall–Kier alpha value is -1.70. The summed E-state index contributed by atoms with van der Waals surface area (Å²) in [4.78, 5) is 0. The molecule has 0 aliphatic heterocycles. The van der Waals surface area contributed by atoms with Gasteiger partial charge in [-0.2, -0.15) is 0 Å². The molecule has 0 unspecified atom stereocenters. The van der Waals surface area contributed by atoms with Crippen molar-refractivity contribution in [2.24, 2.45) is 0 Å². The maximum absolute atomic E-state index is 2.34. The van der Waals surface area contributed by atoms with E-state index < -0.39 is 0 Å². The van der Waals surface area contributed by atoms with Crippen molar-refractivity contribution in [3.63, 3.8) is 0 Å². The Balaban J connectivity index is 1.44. The molecular weight excluding hydrogens is 412 g/mol. The Morgan fingerprint density at radius 1 is 0.382 bits per heavy atom. The van der Waals surface area contributed by atoms with Gasteiger partial charge in [0.05, 0.1) is 0 Å². The molecule has 0 aliphatic carbocycles. The van der Waals surface area contributed by atoms with E-state index in [1.807, 2.05) is 0 Å². The minimum atomic E-state index is 1.12. The van der Waals surface area contributed by atoms with Gasteiger partial charge in [0.2, 0.25) is 0 Å². The number of aryl methyl sites for hydroxylation is 2. The van der Waals surface area contributed by atoms with Gasteiger partial charge in [-0.15, -0.1) is 0 Å². The van der Waals surface area contributed by atoms with E-state index in [0.717, 1.165) is 13.1 Å². The van der Waals surface area contributed by atoms with Crippen LogP contribution in [0, 0.1) is 0 Å². The molecule has 0 atom stereocenters. The molecule has 2 aromatic heterocycles. The quantitative estimate of drug-likeness (QED) is 0.128. The average Bonchev–Trinajstić information content (AvgIpc) is 2.88. The molecule has 0 saturated carbocycles. The molecule has 2 rings (SSSR count). The van der Waals surface area contributed by atoms with Crippen molar-refractivity contribution in [1.82, 2.24) is 0 Å². The summed E-state index contributed by atoms with van der Waals surface area (Å²) < 4.78 is 4.63. The zero-order valence-corrected chi connectivity index (χ0v) is 22.7. The first-order chi connectivity index (χ1) is 16.8. The lowest BCUT2D eigenvalue weighted by molar-refractivity contribution is -0.697. The second-order valence-corrected chi connectivity index (χ2v) is 10.3. The molecule has 0 amide bonds. The van der Waals surface area contributed by atoms with Gasteiger partial charge in [-0.05, 0) is 17.5 Å². The lowest BCUT2D eigenvalue weighted by Crippen LogP contribution is -2.32. The molecule has 0 saturated heterocycles. The van der Waals surface area contributed by atoms with Crippen molar-refractivity contribution in [1.29, 1.82) is 0 Å². The van der Waals surface area contributed by atoms with Gasteiger partial charge < -0.3 is 0 Å². The zero-order chi connectivity index (χ0) is 24.1. The molecule has 0 aromatic carbocycles. The minimum absolute atomic E-state index is 1.12. The number of pyridine rings is 2. The number of aromatic nitrogens is 2. The molecule has 2 nitrogen and oxygen atoms in total. The SMILES string of the molecule is CCCCCCCCCCCCCCCCCC[n+]1ccc(-c2cc[n+](CCCC)cc2)cc1. The highest BCUT2D eigenvalue weighted by atomic mass is 14.9. The first-order valence-electron chi connectivity index (χ1n) is 14.8. The maximum atomic E-state index is 2.34. The molecule has 0 N–H and O–H groups in total. The van der Waals surface area contributed by atoms with E-state index in [9.17, 15) is 0 Å². The van der Waals surface area contributed by atoms with Crippen LogP contribution < -0.4 is 9.13 Å². The van der Waals surface area contributed by atoms with Gasteiger partial charge in [0.25, 0.3) is 0 Å². The second kappa shape index (κ2) is 19.6. The summed E-state index contributed by atoms with van der Waals surface area (Å²) in [6.07, 6.45) is 34.3. The van der Waals surface area contributed by atoms with E-state index >= 15 is 0 Å². The Bertz CT molecular complexity index is 705. The molecule has 190 valence electrons. The third-order valence-electron chi connectivity index (χ3n) is 7.16. The van der Waals surface area contributed by atoms with E-state index in [-0.39, 0.29) is 0 Å². The highest BCUT2D eigenvalue weighted by Crippen LogP contribution is 2.16. The molecule has 34 heavy (non-hydrogen) atoms. The largest absolute Gasteiger partial charge is 0.205 e. The summed E-state index contributed by atoms with van der Waals surface area (Å²) in [7, 11) is 0. The van der Waals surface area contributed by atoms with Crippen LogP contribution in [0.25, 0.3) is 11.1 Å². The summed E-state index contributed by atoms with van der Waals surface area (Å²) in [5, 5.41) is 0. The fraction of sp³-hybridized carbons (Fsp3) is 0.688. The van der Waals surface area contributed by atoms with E-state index in [1.165, 1.54) is 127 Å². The summed E-state index contributed by atoms with van der Waals surface area (Å²) >= 11 is 0. The number of rotatable bonds is 21. The summed E-state index contributed by atoms with van der Waals surface area (Å²) in [6, 6.07) is 9.01. The van der Waals surface area contributed by atoms with Crippen molar-refractivity contribution < 1.29 is 9.13 Å². The van der Waals surface area contributed by atoms with Crippen molar-refractivity contribution in [2.75, 3.05) is 0 Å². The fourth-order valence-corrected chi connectivity index (χ4v) is 4.78. The van der Waals surface area contributed by atoms with E-state index in [4.69, 9.17) is 0 Å².